The predicted molar refractivity (Wildman–Crippen MR) is 105 cm³/mol. The molecule has 2 rings (SSSR count). The van der Waals surface area contributed by atoms with E-state index in [0.717, 1.165) is 23.5 Å². The summed E-state index contributed by atoms with van der Waals surface area (Å²) >= 11 is 2.23. The highest BCUT2D eigenvalue weighted by atomic mass is 32.2. The zero-order chi connectivity index (χ0) is 19.6. The number of para-hydroxylation sites is 1. The van der Waals surface area contributed by atoms with Crippen molar-refractivity contribution in [2.24, 2.45) is 0 Å². The Morgan fingerprint density at radius 3 is 2.19 bits per heavy atom. The molecule has 1 aromatic heterocycles. The molecule has 0 bridgehead atoms. The zero-order valence-electron chi connectivity index (χ0n) is 15.0. The van der Waals surface area contributed by atoms with E-state index in [0.29, 0.717) is 15.5 Å². The molecule has 144 valence electrons. The highest BCUT2D eigenvalue weighted by Crippen LogP contribution is 2.28. The minimum atomic E-state index is -0.411. The van der Waals surface area contributed by atoms with Gasteiger partial charge in [-0.1, -0.05) is 18.2 Å². The molecule has 0 amide bonds. The van der Waals surface area contributed by atoms with Gasteiger partial charge < -0.3 is 9.47 Å². The first kappa shape index (κ1) is 21.0. The standard InChI is InChI=1S/C18H20N2O5S2/c1-3-24-15(21)11-26-14-10-19-20(13-8-6-5-7-9-13)18(23)17(14)27-12-16(22)25-4-2/h5-10H,3-4,11-12H2,1-2H3. The molecule has 0 aliphatic carbocycles. The van der Waals surface area contributed by atoms with Gasteiger partial charge in [-0.25, -0.2) is 0 Å². The smallest absolute Gasteiger partial charge is 0.316 e. The van der Waals surface area contributed by atoms with Crippen molar-refractivity contribution in [3.8, 4) is 5.69 Å². The van der Waals surface area contributed by atoms with E-state index in [4.69, 9.17) is 9.47 Å². The molecule has 1 aromatic carbocycles. The summed E-state index contributed by atoms with van der Waals surface area (Å²) < 4.78 is 11.1. The maximum Gasteiger partial charge on any atom is 0.316 e. The summed E-state index contributed by atoms with van der Waals surface area (Å²) in [7, 11) is 0. The molecule has 7 nitrogen and oxygen atoms in total. The van der Waals surface area contributed by atoms with Gasteiger partial charge in [0.05, 0.1) is 41.5 Å². The van der Waals surface area contributed by atoms with E-state index in [-0.39, 0.29) is 36.2 Å². The Kier molecular flexibility index (Phi) is 8.41. The van der Waals surface area contributed by atoms with Crippen molar-refractivity contribution in [2.75, 3.05) is 24.7 Å². The van der Waals surface area contributed by atoms with Crippen molar-refractivity contribution >= 4 is 35.5 Å². The normalized spacial score (nSPS) is 10.4. The summed E-state index contributed by atoms with van der Waals surface area (Å²) in [6.07, 6.45) is 1.52. The van der Waals surface area contributed by atoms with Gasteiger partial charge in [0, 0.05) is 4.90 Å². The maximum absolute atomic E-state index is 12.9. The fraction of sp³-hybridized carbons (Fsp3) is 0.333. The highest BCUT2D eigenvalue weighted by Gasteiger charge is 2.17. The van der Waals surface area contributed by atoms with E-state index >= 15 is 0 Å². The molecule has 0 fully saturated rings. The van der Waals surface area contributed by atoms with E-state index in [1.807, 2.05) is 6.07 Å². The molecule has 0 radical (unpaired) electrons. The number of esters is 2. The number of aromatic nitrogens is 2. The molecule has 0 aliphatic rings. The number of thioether (sulfide) groups is 2. The van der Waals surface area contributed by atoms with Gasteiger partial charge in [-0.2, -0.15) is 9.78 Å². The third kappa shape index (κ3) is 6.14. The van der Waals surface area contributed by atoms with Crippen LogP contribution < -0.4 is 5.56 Å². The van der Waals surface area contributed by atoms with Crippen LogP contribution in [0.3, 0.4) is 0 Å². The van der Waals surface area contributed by atoms with E-state index in [2.05, 4.69) is 5.10 Å². The number of carbonyl (C=O) groups is 2. The van der Waals surface area contributed by atoms with Crippen molar-refractivity contribution in [1.82, 2.24) is 9.78 Å². The van der Waals surface area contributed by atoms with Crippen molar-refractivity contribution in [1.29, 1.82) is 0 Å². The van der Waals surface area contributed by atoms with Gasteiger partial charge in [0.15, 0.2) is 0 Å². The Labute approximate surface area is 165 Å². The number of nitrogens with zero attached hydrogens (tertiary/aromatic N) is 2. The van der Waals surface area contributed by atoms with Gasteiger partial charge in [0.25, 0.3) is 5.56 Å². The van der Waals surface area contributed by atoms with E-state index < -0.39 is 5.97 Å². The second-order valence-corrected chi connectivity index (χ2v) is 7.08. The van der Waals surface area contributed by atoms with Gasteiger partial charge in [0.2, 0.25) is 0 Å². The number of ether oxygens (including phenoxy) is 2. The number of rotatable bonds is 9. The number of carbonyl (C=O) groups excluding carboxylic acids is 2. The Hall–Kier alpha value is -2.26. The molecule has 0 saturated heterocycles. The number of benzene rings is 1. The average Bonchev–Trinajstić information content (AvgIpc) is 2.66. The molecule has 0 spiro atoms. The number of hydrogen-bond donors (Lipinski definition) is 0. The SMILES string of the molecule is CCOC(=O)CSc1cnn(-c2ccccc2)c(=O)c1SCC(=O)OCC. The van der Waals surface area contributed by atoms with Crippen LogP contribution in [0.1, 0.15) is 13.8 Å². The van der Waals surface area contributed by atoms with Gasteiger partial charge in [-0.3, -0.25) is 14.4 Å². The quantitative estimate of drug-likeness (QED) is 0.462. The molecular formula is C18H20N2O5S2. The largest absolute Gasteiger partial charge is 0.465 e. The monoisotopic (exact) mass is 408 g/mol. The lowest BCUT2D eigenvalue weighted by atomic mass is 10.3. The Morgan fingerprint density at radius 1 is 1.00 bits per heavy atom. The number of hydrogen-bond acceptors (Lipinski definition) is 8. The summed E-state index contributed by atoms with van der Waals surface area (Å²) in [6.45, 7) is 4.01. The lowest BCUT2D eigenvalue weighted by molar-refractivity contribution is -0.140. The molecule has 9 heteroatoms. The van der Waals surface area contributed by atoms with E-state index in [1.165, 1.54) is 10.9 Å². The highest BCUT2D eigenvalue weighted by molar-refractivity contribution is 8.03. The molecule has 27 heavy (non-hydrogen) atoms. The minimum Gasteiger partial charge on any atom is -0.465 e. The molecule has 1 heterocycles. The fourth-order valence-electron chi connectivity index (χ4n) is 2.08. The molecule has 0 saturated carbocycles. The third-order valence-electron chi connectivity index (χ3n) is 3.19. The van der Waals surface area contributed by atoms with Gasteiger partial charge in [-0.15, -0.1) is 23.5 Å². The summed E-state index contributed by atoms with van der Waals surface area (Å²) in [5.74, 6) is -0.742. The predicted octanol–water partition coefficient (Wildman–Crippen LogP) is 2.54. The first-order valence-electron chi connectivity index (χ1n) is 8.31. The van der Waals surface area contributed by atoms with E-state index in [1.54, 1.807) is 38.1 Å². The third-order valence-corrected chi connectivity index (χ3v) is 5.39. The van der Waals surface area contributed by atoms with Crippen molar-refractivity contribution in [3.63, 3.8) is 0 Å². The maximum atomic E-state index is 12.9. The van der Waals surface area contributed by atoms with Gasteiger partial charge >= 0.3 is 11.9 Å². The molecule has 0 atom stereocenters. The summed E-state index contributed by atoms with van der Waals surface area (Å²) in [5, 5.41) is 4.20. The van der Waals surface area contributed by atoms with E-state index in [9.17, 15) is 14.4 Å². The first-order chi connectivity index (χ1) is 13.1. The summed E-state index contributed by atoms with van der Waals surface area (Å²) in [4.78, 5) is 37.1. The lowest BCUT2D eigenvalue weighted by Gasteiger charge is -2.11. The summed E-state index contributed by atoms with van der Waals surface area (Å²) in [5.41, 5.74) is 0.256. The van der Waals surface area contributed by atoms with Crippen molar-refractivity contribution < 1.29 is 19.1 Å². The zero-order valence-corrected chi connectivity index (χ0v) is 16.7. The van der Waals surface area contributed by atoms with Crippen LogP contribution in [-0.4, -0.2) is 46.4 Å². The van der Waals surface area contributed by atoms with Crippen LogP contribution in [-0.2, 0) is 19.1 Å². The Morgan fingerprint density at radius 2 is 1.59 bits per heavy atom. The molecular weight excluding hydrogens is 388 g/mol. The van der Waals surface area contributed by atoms with Crippen molar-refractivity contribution in [2.45, 2.75) is 23.6 Å². The minimum absolute atomic E-state index is 0.00511. The first-order valence-corrected chi connectivity index (χ1v) is 10.3. The van der Waals surface area contributed by atoms with Crippen LogP contribution in [0.4, 0.5) is 0 Å². The molecule has 0 aliphatic heterocycles. The van der Waals surface area contributed by atoms with Crippen molar-refractivity contribution in [3.05, 3.63) is 46.9 Å². The second-order valence-electron chi connectivity index (χ2n) is 5.08. The lowest BCUT2D eigenvalue weighted by Crippen LogP contribution is -2.24. The van der Waals surface area contributed by atoms with Crippen LogP contribution in [0, 0.1) is 0 Å². The van der Waals surface area contributed by atoms with Gasteiger partial charge in [0.1, 0.15) is 0 Å². The molecule has 2 aromatic rings. The van der Waals surface area contributed by atoms with Crippen LogP contribution in [0.25, 0.3) is 5.69 Å². The van der Waals surface area contributed by atoms with Crippen LogP contribution in [0.5, 0.6) is 0 Å². The average molecular weight is 409 g/mol. The van der Waals surface area contributed by atoms with Crippen LogP contribution in [0.15, 0.2) is 51.1 Å². The second kappa shape index (κ2) is 10.8. The fourth-order valence-corrected chi connectivity index (χ4v) is 3.89. The van der Waals surface area contributed by atoms with Crippen LogP contribution >= 0.6 is 23.5 Å². The molecule has 0 N–H and O–H groups in total. The van der Waals surface area contributed by atoms with Gasteiger partial charge in [-0.05, 0) is 26.0 Å². The Balaban J connectivity index is 2.31. The topological polar surface area (TPSA) is 87.5 Å². The van der Waals surface area contributed by atoms with Crippen LogP contribution in [0.2, 0.25) is 0 Å². The molecule has 0 unspecified atom stereocenters. The Bertz CT molecular complexity index is 839. The summed E-state index contributed by atoms with van der Waals surface area (Å²) in [6, 6.07) is 8.98.